The fourth-order valence-corrected chi connectivity index (χ4v) is 5.87. The fourth-order valence-electron chi connectivity index (χ4n) is 5.87. The summed E-state index contributed by atoms with van der Waals surface area (Å²) in [7, 11) is 0. The molecule has 2 aromatic carbocycles. The smallest absolute Gasteiger partial charge is 0.410 e. The highest BCUT2D eigenvalue weighted by molar-refractivity contribution is 5.82. The van der Waals surface area contributed by atoms with Crippen LogP contribution in [0.3, 0.4) is 0 Å². The summed E-state index contributed by atoms with van der Waals surface area (Å²) in [5.74, 6) is 0.982. The number of fused-ring (bicyclic) bond motifs is 1. The van der Waals surface area contributed by atoms with E-state index < -0.39 is 5.60 Å². The summed E-state index contributed by atoms with van der Waals surface area (Å²) in [5.41, 5.74) is 6.69. The average molecular weight is 593 g/mol. The predicted octanol–water partition coefficient (Wildman–Crippen LogP) is 6.10. The second kappa shape index (κ2) is 12.6. The van der Waals surface area contributed by atoms with Gasteiger partial charge in [-0.1, -0.05) is 30.3 Å². The van der Waals surface area contributed by atoms with Crippen LogP contribution in [0.1, 0.15) is 63.9 Å². The fraction of sp³-hybridized carbons (Fsp3) is 0.382. The Morgan fingerprint density at radius 3 is 2.66 bits per heavy atom. The molecule has 3 N–H and O–H groups in total. The zero-order chi connectivity index (χ0) is 30.7. The van der Waals surface area contributed by atoms with E-state index in [1.807, 2.05) is 68.4 Å². The number of benzene rings is 2. The maximum Gasteiger partial charge on any atom is 0.410 e. The Balaban J connectivity index is 1.16. The molecule has 2 aliphatic heterocycles. The first-order chi connectivity index (χ1) is 21.3. The number of hydrogen-bond acceptors (Lipinski definition) is 8. The third kappa shape index (κ3) is 6.65. The van der Waals surface area contributed by atoms with E-state index in [-0.39, 0.29) is 12.1 Å². The standard InChI is InChI=1S/C34H40N8O2/c1-34(2,3)44-33(43)42-16-6-7-25(42)18-37-29(19-35-4)22-9-11-23(12-10-22)30-20-38-26-14-13-24(17-28(26)40-30)31-21-39-32(41-31)27-8-5-15-36-27/h9-14,17,19-21,25,27,36-37H,4-8,15-16,18H2,1-3H3,(H,39,41)/b29-19-. The average Bonchev–Trinajstić information content (AvgIpc) is 3.80. The Morgan fingerprint density at radius 1 is 1.09 bits per heavy atom. The third-order valence-corrected chi connectivity index (χ3v) is 8.08. The largest absolute Gasteiger partial charge is 0.444 e. The van der Waals surface area contributed by atoms with Crippen LogP contribution in [-0.4, -0.2) is 68.9 Å². The molecule has 0 saturated carbocycles. The van der Waals surface area contributed by atoms with Gasteiger partial charge in [-0.05, 0) is 77.4 Å². The number of nitrogens with zero attached hydrogens (tertiary/aromatic N) is 5. The highest BCUT2D eigenvalue weighted by atomic mass is 16.6. The van der Waals surface area contributed by atoms with Gasteiger partial charge >= 0.3 is 6.09 Å². The van der Waals surface area contributed by atoms with Gasteiger partial charge in [-0.3, -0.25) is 9.98 Å². The number of carbonyl (C=O) groups is 1. The Bertz CT molecular complexity index is 1660. The topological polar surface area (TPSA) is 120 Å². The number of imidazole rings is 1. The van der Waals surface area contributed by atoms with Crippen LogP contribution in [0.4, 0.5) is 4.79 Å². The van der Waals surface area contributed by atoms with Gasteiger partial charge in [0.15, 0.2) is 0 Å². The summed E-state index contributed by atoms with van der Waals surface area (Å²) in [6.07, 6.45) is 9.29. The van der Waals surface area contributed by atoms with Crippen molar-refractivity contribution in [2.45, 2.75) is 64.1 Å². The van der Waals surface area contributed by atoms with E-state index in [0.717, 1.165) is 76.4 Å². The number of nitrogens with one attached hydrogen (secondary N) is 3. The van der Waals surface area contributed by atoms with Gasteiger partial charge in [0, 0.05) is 30.4 Å². The van der Waals surface area contributed by atoms with Crippen molar-refractivity contribution in [3.05, 3.63) is 72.4 Å². The van der Waals surface area contributed by atoms with E-state index in [1.165, 1.54) is 6.42 Å². The van der Waals surface area contributed by atoms with Crippen molar-refractivity contribution in [1.82, 2.24) is 35.5 Å². The van der Waals surface area contributed by atoms with Gasteiger partial charge in [0.2, 0.25) is 0 Å². The number of carbonyl (C=O) groups excluding carboxylic acids is 1. The molecule has 2 aromatic heterocycles. The van der Waals surface area contributed by atoms with E-state index in [1.54, 1.807) is 6.20 Å². The van der Waals surface area contributed by atoms with Gasteiger partial charge < -0.3 is 25.3 Å². The Kier molecular flexibility index (Phi) is 8.43. The predicted molar refractivity (Wildman–Crippen MR) is 174 cm³/mol. The second-order valence-corrected chi connectivity index (χ2v) is 12.4. The number of aromatic amines is 1. The molecule has 0 radical (unpaired) electrons. The molecule has 1 amide bonds. The minimum absolute atomic E-state index is 0.0443. The molecule has 4 heterocycles. The molecule has 6 rings (SSSR count). The van der Waals surface area contributed by atoms with Gasteiger partial charge in [0.25, 0.3) is 0 Å². The van der Waals surface area contributed by atoms with Gasteiger partial charge in [0.05, 0.1) is 52.6 Å². The number of aliphatic imine (C=N–C) groups is 1. The number of likely N-dealkylation sites (tertiary alicyclic amines) is 1. The molecule has 2 unspecified atom stereocenters. The first-order valence-corrected chi connectivity index (χ1v) is 15.3. The van der Waals surface area contributed by atoms with E-state index in [4.69, 9.17) is 9.72 Å². The lowest BCUT2D eigenvalue weighted by Crippen LogP contribution is -2.43. The Hall–Kier alpha value is -4.57. The lowest BCUT2D eigenvalue weighted by atomic mass is 10.1. The van der Waals surface area contributed by atoms with Gasteiger partial charge in [-0.2, -0.15) is 0 Å². The minimum Gasteiger partial charge on any atom is -0.444 e. The quantitative estimate of drug-likeness (QED) is 0.212. The summed E-state index contributed by atoms with van der Waals surface area (Å²) in [5, 5.41) is 6.98. The van der Waals surface area contributed by atoms with Crippen LogP contribution in [0.5, 0.6) is 0 Å². The molecule has 0 bridgehead atoms. The summed E-state index contributed by atoms with van der Waals surface area (Å²) < 4.78 is 5.62. The maximum atomic E-state index is 12.7. The maximum absolute atomic E-state index is 12.7. The number of H-pyrrole nitrogens is 1. The molecular formula is C34H40N8O2. The van der Waals surface area contributed by atoms with Crippen LogP contribution in [0.2, 0.25) is 0 Å². The van der Waals surface area contributed by atoms with Crippen LogP contribution in [0.15, 0.2) is 66.1 Å². The van der Waals surface area contributed by atoms with Crippen molar-refractivity contribution in [3.8, 4) is 22.5 Å². The van der Waals surface area contributed by atoms with Crippen LogP contribution in [-0.2, 0) is 4.74 Å². The number of rotatable bonds is 8. The van der Waals surface area contributed by atoms with Crippen LogP contribution in [0, 0.1) is 0 Å². The highest BCUT2D eigenvalue weighted by Crippen LogP contribution is 2.28. The van der Waals surface area contributed by atoms with Crippen molar-refractivity contribution >= 4 is 29.5 Å². The Morgan fingerprint density at radius 2 is 1.91 bits per heavy atom. The molecule has 2 saturated heterocycles. The van der Waals surface area contributed by atoms with Crippen LogP contribution < -0.4 is 10.6 Å². The molecule has 0 spiro atoms. The van der Waals surface area contributed by atoms with Crippen molar-refractivity contribution in [2.75, 3.05) is 19.6 Å². The van der Waals surface area contributed by atoms with E-state index in [0.29, 0.717) is 19.1 Å². The normalized spacial score (nSPS) is 19.0. The summed E-state index contributed by atoms with van der Waals surface area (Å²) >= 11 is 0. The number of ether oxygens (including phenoxy) is 1. The lowest BCUT2D eigenvalue weighted by molar-refractivity contribution is 0.0229. The number of amides is 1. The van der Waals surface area contributed by atoms with Crippen LogP contribution >= 0.6 is 0 Å². The van der Waals surface area contributed by atoms with Gasteiger partial charge in [-0.15, -0.1) is 0 Å². The molecule has 4 aromatic rings. The Labute approximate surface area is 258 Å². The molecule has 228 valence electrons. The first kappa shape index (κ1) is 29.5. The second-order valence-electron chi connectivity index (χ2n) is 12.4. The minimum atomic E-state index is -0.523. The van der Waals surface area contributed by atoms with Crippen molar-refractivity contribution in [1.29, 1.82) is 0 Å². The van der Waals surface area contributed by atoms with Crippen molar-refractivity contribution < 1.29 is 9.53 Å². The van der Waals surface area contributed by atoms with Crippen LogP contribution in [0.25, 0.3) is 39.2 Å². The lowest BCUT2D eigenvalue weighted by Gasteiger charge is -2.29. The summed E-state index contributed by atoms with van der Waals surface area (Å²) in [6, 6.07) is 14.6. The van der Waals surface area contributed by atoms with Crippen molar-refractivity contribution in [2.24, 2.45) is 4.99 Å². The monoisotopic (exact) mass is 592 g/mol. The SMILES string of the molecule is C=N/C=C(\NCC1CCCN1C(=O)OC(C)(C)C)c1ccc(-c2cnc3ccc(-c4cnc(C5CCCN5)[nH]4)cc3n2)cc1. The molecule has 10 nitrogen and oxygen atoms in total. The number of hydrogen-bond donors (Lipinski definition) is 3. The molecule has 2 atom stereocenters. The molecule has 2 fully saturated rings. The highest BCUT2D eigenvalue weighted by Gasteiger charge is 2.32. The molecular weight excluding hydrogens is 552 g/mol. The van der Waals surface area contributed by atoms with E-state index in [9.17, 15) is 4.79 Å². The van der Waals surface area contributed by atoms with Crippen molar-refractivity contribution in [3.63, 3.8) is 0 Å². The van der Waals surface area contributed by atoms with Gasteiger partial charge in [0.1, 0.15) is 11.4 Å². The van der Waals surface area contributed by atoms with E-state index in [2.05, 4.69) is 49.4 Å². The number of aromatic nitrogens is 4. The first-order valence-electron chi connectivity index (χ1n) is 15.3. The summed E-state index contributed by atoms with van der Waals surface area (Å²) in [6.45, 7) is 11.6. The van der Waals surface area contributed by atoms with Gasteiger partial charge in [-0.25, -0.2) is 14.8 Å². The van der Waals surface area contributed by atoms with E-state index >= 15 is 0 Å². The zero-order valence-electron chi connectivity index (χ0n) is 25.6. The molecule has 44 heavy (non-hydrogen) atoms. The third-order valence-electron chi connectivity index (χ3n) is 8.08. The molecule has 2 aliphatic rings. The molecule has 10 heteroatoms. The zero-order valence-corrected chi connectivity index (χ0v) is 25.6. The molecule has 0 aliphatic carbocycles. The summed E-state index contributed by atoms with van der Waals surface area (Å²) in [4.78, 5) is 36.3.